The number of hydrogen-bond donors (Lipinski definition) is 1. The van der Waals surface area contributed by atoms with Crippen LogP contribution in [-0.2, 0) is 17.8 Å². The number of benzene rings is 3. The zero-order valence-corrected chi connectivity index (χ0v) is 19.0. The predicted octanol–water partition coefficient (Wildman–Crippen LogP) is 6.69. The Hall–Kier alpha value is -3.64. The average molecular weight is 462 g/mol. The molecule has 0 saturated heterocycles. The zero-order chi connectivity index (χ0) is 23.2. The predicted molar refractivity (Wildman–Crippen MR) is 130 cm³/mol. The molecule has 4 aromatic rings. The summed E-state index contributed by atoms with van der Waals surface area (Å²) in [7, 11) is 0. The van der Waals surface area contributed by atoms with Crippen LogP contribution in [0.15, 0.2) is 83.0 Å². The number of carbonyl (C=O) groups is 1. The smallest absolute Gasteiger partial charge is 0.302 e. The number of hydrogen-bond acceptors (Lipinski definition) is 4. The number of nitrogens with zero attached hydrogens (tertiary/aromatic N) is 3. The van der Waals surface area contributed by atoms with Crippen LogP contribution in [0.3, 0.4) is 0 Å². The summed E-state index contributed by atoms with van der Waals surface area (Å²) < 4.78 is 7.25. The van der Waals surface area contributed by atoms with E-state index in [0.29, 0.717) is 22.7 Å². The van der Waals surface area contributed by atoms with Gasteiger partial charge in [-0.15, -0.1) is 10.2 Å². The molecule has 1 amide bonds. The van der Waals surface area contributed by atoms with Crippen molar-refractivity contribution in [2.45, 2.75) is 26.3 Å². The van der Waals surface area contributed by atoms with Gasteiger partial charge in [-0.3, -0.25) is 4.79 Å². The number of rotatable bonds is 8. The van der Waals surface area contributed by atoms with Crippen LogP contribution >= 0.6 is 11.6 Å². The van der Waals surface area contributed by atoms with Gasteiger partial charge in [0.15, 0.2) is 12.3 Å². The van der Waals surface area contributed by atoms with Gasteiger partial charge in [-0.25, -0.2) is 0 Å². The van der Waals surface area contributed by atoms with E-state index in [2.05, 4.69) is 17.2 Å². The van der Waals surface area contributed by atoms with Crippen LogP contribution in [-0.4, -0.2) is 22.2 Å². The van der Waals surface area contributed by atoms with Gasteiger partial charge in [-0.05, 0) is 47.9 Å². The molecule has 33 heavy (non-hydrogen) atoms. The lowest BCUT2D eigenvalue weighted by molar-refractivity contribution is -0.120. The minimum Gasteiger partial charge on any atom is -0.493 e. The van der Waals surface area contributed by atoms with Crippen LogP contribution in [0.4, 0.5) is 5.69 Å². The SMILES string of the molecule is CCCc1ccc(OCC(=O)N=Nc2c(O)n(Cc3ccc(Cl)cc3)c3ccccc23)cc1. The molecule has 6 nitrogen and oxygen atoms in total. The maximum Gasteiger partial charge on any atom is 0.302 e. The number of carbonyl (C=O) groups excluding carboxylic acids is 1. The Labute approximate surface area is 197 Å². The molecule has 1 N–H and O–H groups in total. The highest BCUT2D eigenvalue weighted by atomic mass is 35.5. The lowest BCUT2D eigenvalue weighted by atomic mass is 10.1. The fourth-order valence-corrected chi connectivity index (χ4v) is 3.75. The normalized spacial score (nSPS) is 11.3. The second kappa shape index (κ2) is 10.3. The zero-order valence-electron chi connectivity index (χ0n) is 18.2. The number of ether oxygens (including phenoxy) is 1. The van der Waals surface area contributed by atoms with E-state index in [1.807, 2.05) is 60.7 Å². The van der Waals surface area contributed by atoms with Gasteiger partial charge < -0.3 is 14.4 Å². The van der Waals surface area contributed by atoms with Crippen LogP contribution in [0.1, 0.15) is 24.5 Å². The van der Waals surface area contributed by atoms with E-state index in [4.69, 9.17) is 16.3 Å². The summed E-state index contributed by atoms with van der Waals surface area (Å²) >= 11 is 5.97. The van der Waals surface area contributed by atoms with Crippen molar-refractivity contribution in [2.24, 2.45) is 10.2 Å². The quantitative estimate of drug-likeness (QED) is 0.297. The van der Waals surface area contributed by atoms with E-state index < -0.39 is 5.91 Å². The van der Waals surface area contributed by atoms with Gasteiger partial charge in [0, 0.05) is 10.4 Å². The Bertz CT molecular complexity index is 1280. The molecule has 0 aliphatic carbocycles. The molecule has 0 atom stereocenters. The Kier molecular flexibility index (Phi) is 7.05. The molecule has 1 aromatic heterocycles. The summed E-state index contributed by atoms with van der Waals surface area (Å²) in [6.45, 7) is 2.31. The van der Waals surface area contributed by atoms with E-state index in [1.54, 1.807) is 16.7 Å². The monoisotopic (exact) mass is 461 g/mol. The highest BCUT2D eigenvalue weighted by Gasteiger charge is 2.17. The maximum absolute atomic E-state index is 12.2. The summed E-state index contributed by atoms with van der Waals surface area (Å²) in [6, 6.07) is 22.5. The number of para-hydroxylation sites is 1. The van der Waals surface area contributed by atoms with Gasteiger partial charge in [0.1, 0.15) is 5.75 Å². The average Bonchev–Trinajstić information content (AvgIpc) is 3.09. The number of halogens is 1. The largest absolute Gasteiger partial charge is 0.493 e. The van der Waals surface area contributed by atoms with E-state index in [1.165, 1.54) is 5.56 Å². The van der Waals surface area contributed by atoms with Crippen LogP contribution < -0.4 is 4.74 Å². The number of amides is 1. The molecular weight excluding hydrogens is 438 g/mol. The fourth-order valence-electron chi connectivity index (χ4n) is 3.62. The third kappa shape index (κ3) is 5.41. The van der Waals surface area contributed by atoms with E-state index in [-0.39, 0.29) is 18.2 Å². The van der Waals surface area contributed by atoms with Crippen molar-refractivity contribution in [1.82, 2.24) is 4.57 Å². The van der Waals surface area contributed by atoms with E-state index in [0.717, 1.165) is 23.9 Å². The first kappa shape index (κ1) is 22.6. The highest BCUT2D eigenvalue weighted by molar-refractivity contribution is 6.30. The number of azo groups is 1. The molecule has 0 fully saturated rings. The van der Waals surface area contributed by atoms with Gasteiger partial charge >= 0.3 is 5.91 Å². The first-order valence-corrected chi connectivity index (χ1v) is 11.1. The number of aromatic nitrogens is 1. The molecule has 0 aliphatic rings. The molecule has 4 rings (SSSR count). The second-order valence-corrected chi connectivity index (χ2v) is 8.11. The van der Waals surface area contributed by atoms with Gasteiger partial charge in [-0.2, -0.15) is 0 Å². The lowest BCUT2D eigenvalue weighted by Gasteiger charge is -2.07. The van der Waals surface area contributed by atoms with Crippen molar-refractivity contribution in [1.29, 1.82) is 0 Å². The number of fused-ring (bicyclic) bond motifs is 1. The van der Waals surface area contributed by atoms with Crippen molar-refractivity contribution in [2.75, 3.05) is 6.61 Å². The van der Waals surface area contributed by atoms with Gasteiger partial charge in [0.2, 0.25) is 5.88 Å². The summed E-state index contributed by atoms with van der Waals surface area (Å²) in [4.78, 5) is 12.2. The van der Waals surface area contributed by atoms with Crippen LogP contribution in [0.25, 0.3) is 10.9 Å². The Morgan fingerprint density at radius 3 is 2.42 bits per heavy atom. The molecule has 0 saturated carbocycles. The summed E-state index contributed by atoms with van der Waals surface area (Å²) in [5.41, 5.74) is 3.22. The van der Waals surface area contributed by atoms with Crippen LogP contribution in [0.5, 0.6) is 11.6 Å². The number of aryl methyl sites for hydroxylation is 1. The first-order chi connectivity index (χ1) is 16.0. The topological polar surface area (TPSA) is 76.2 Å². The highest BCUT2D eigenvalue weighted by Crippen LogP contribution is 2.39. The second-order valence-electron chi connectivity index (χ2n) is 7.68. The van der Waals surface area contributed by atoms with E-state index in [9.17, 15) is 9.90 Å². The van der Waals surface area contributed by atoms with Gasteiger partial charge in [0.05, 0.1) is 12.1 Å². The van der Waals surface area contributed by atoms with Crippen molar-refractivity contribution in [3.05, 3.63) is 88.9 Å². The van der Waals surface area contributed by atoms with Crippen molar-refractivity contribution < 1.29 is 14.6 Å². The third-order valence-electron chi connectivity index (χ3n) is 5.26. The molecule has 0 aliphatic heterocycles. The first-order valence-electron chi connectivity index (χ1n) is 10.8. The molecule has 0 unspecified atom stereocenters. The third-order valence-corrected chi connectivity index (χ3v) is 5.51. The number of aromatic hydroxyl groups is 1. The molecule has 7 heteroatoms. The Balaban J connectivity index is 1.50. The minimum atomic E-state index is -0.540. The molecule has 0 spiro atoms. The summed E-state index contributed by atoms with van der Waals surface area (Å²) in [5.74, 6) is -0.00230. The van der Waals surface area contributed by atoms with Crippen LogP contribution in [0.2, 0.25) is 5.02 Å². The Morgan fingerprint density at radius 1 is 1.00 bits per heavy atom. The van der Waals surface area contributed by atoms with Crippen molar-refractivity contribution in [3.63, 3.8) is 0 Å². The summed E-state index contributed by atoms with van der Waals surface area (Å²) in [6.07, 6.45) is 2.07. The molecule has 1 heterocycles. The van der Waals surface area contributed by atoms with Crippen molar-refractivity contribution in [3.8, 4) is 11.6 Å². The van der Waals surface area contributed by atoms with Gasteiger partial charge in [0.25, 0.3) is 0 Å². The molecule has 0 radical (unpaired) electrons. The molecular formula is C26H24ClN3O3. The lowest BCUT2D eigenvalue weighted by Crippen LogP contribution is -2.07. The molecule has 3 aromatic carbocycles. The molecule has 0 bridgehead atoms. The Morgan fingerprint density at radius 2 is 1.70 bits per heavy atom. The van der Waals surface area contributed by atoms with Crippen molar-refractivity contribution >= 4 is 34.1 Å². The summed E-state index contributed by atoms with van der Waals surface area (Å²) in [5, 5.41) is 20.0. The fraction of sp³-hybridized carbons (Fsp3) is 0.192. The van der Waals surface area contributed by atoms with E-state index >= 15 is 0 Å². The standard InChI is InChI=1S/C26H24ClN3O3/c1-2-5-18-10-14-21(15-11-18)33-17-24(31)28-29-25-22-6-3-4-7-23(22)30(26(25)32)16-19-8-12-20(27)13-9-19/h3-4,6-15,32H,2,5,16-17H2,1H3. The van der Waals surface area contributed by atoms with Crippen LogP contribution in [0, 0.1) is 0 Å². The maximum atomic E-state index is 12.2. The molecule has 168 valence electrons. The minimum absolute atomic E-state index is 0.0601. The van der Waals surface area contributed by atoms with Gasteiger partial charge in [-0.1, -0.05) is 67.4 Å².